The van der Waals surface area contributed by atoms with E-state index >= 15 is 0 Å². The average molecular weight is 284 g/mol. The van der Waals surface area contributed by atoms with E-state index in [9.17, 15) is 14.7 Å². The smallest absolute Gasteiger partial charge is 0.308 e. The number of carbonyl (C=O) groups is 2. The fraction of sp³-hybridized carbons (Fsp3) is 0.867. The molecule has 0 aliphatic carbocycles. The lowest BCUT2D eigenvalue weighted by molar-refractivity contribution is -0.142. The second-order valence-electron chi connectivity index (χ2n) is 6.29. The van der Waals surface area contributed by atoms with Gasteiger partial charge in [-0.1, -0.05) is 20.8 Å². The summed E-state index contributed by atoms with van der Waals surface area (Å²) in [5, 5.41) is 15.3. The molecule has 1 rings (SSSR count). The molecular weight excluding hydrogens is 256 g/mol. The Kier molecular flexibility index (Phi) is 6.46. The van der Waals surface area contributed by atoms with Crippen molar-refractivity contribution in [2.75, 3.05) is 19.6 Å². The number of carboxylic acid groups (broad SMARTS) is 1. The summed E-state index contributed by atoms with van der Waals surface area (Å²) in [5.41, 5.74) is -0.362. The molecule has 1 aliphatic rings. The van der Waals surface area contributed by atoms with Crippen LogP contribution in [0, 0.1) is 17.3 Å². The normalized spacial score (nSPS) is 24.4. The molecule has 0 aromatic heterocycles. The quantitative estimate of drug-likeness (QED) is 0.664. The standard InChI is InChI=1S/C15H28N2O3/c1-4-15(6-5-7-16-10-15)14(20)17-9-12(13(18)19)8-11(2)3/h11-12,16H,4-10H2,1-3H3,(H,17,20)(H,18,19). The molecule has 20 heavy (non-hydrogen) atoms. The molecule has 5 nitrogen and oxygen atoms in total. The van der Waals surface area contributed by atoms with Gasteiger partial charge in [-0.05, 0) is 38.1 Å². The van der Waals surface area contributed by atoms with E-state index in [0.29, 0.717) is 18.9 Å². The Morgan fingerprint density at radius 2 is 2.10 bits per heavy atom. The van der Waals surface area contributed by atoms with Crippen LogP contribution in [0.3, 0.4) is 0 Å². The summed E-state index contributed by atoms with van der Waals surface area (Å²) in [6.07, 6.45) is 3.25. The van der Waals surface area contributed by atoms with Gasteiger partial charge in [0.1, 0.15) is 0 Å². The van der Waals surface area contributed by atoms with Gasteiger partial charge >= 0.3 is 5.97 Å². The van der Waals surface area contributed by atoms with E-state index in [2.05, 4.69) is 10.6 Å². The van der Waals surface area contributed by atoms with E-state index < -0.39 is 11.9 Å². The van der Waals surface area contributed by atoms with Gasteiger partial charge in [-0.3, -0.25) is 9.59 Å². The molecule has 0 aromatic carbocycles. The maximum absolute atomic E-state index is 12.4. The Bertz CT molecular complexity index is 336. The van der Waals surface area contributed by atoms with Crippen molar-refractivity contribution in [2.45, 2.75) is 46.5 Å². The highest BCUT2D eigenvalue weighted by Crippen LogP contribution is 2.30. The predicted octanol–water partition coefficient (Wildman–Crippen LogP) is 1.63. The van der Waals surface area contributed by atoms with Gasteiger partial charge in [0.25, 0.3) is 0 Å². The molecule has 2 atom stereocenters. The molecule has 116 valence electrons. The number of aliphatic carboxylic acids is 1. The van der Waals surface area contributed by atoms with Crippen LogP contribution in [-0.4, -0.2) is 36.6 Å². The summed E-state index contributed by atoms with van der Waals surface area (Å²) in [7, 11) is 0. The van der Waals surface area contributed by atoms with Crippen molar-refractivity contribution in [3.8, 4) is 0 Å². The summed E-state index contributed by atoms with van der Waals surface area (Å²) in [6, 6.07) is 0. The zero-order valence-corrected chi connectivity index (χ0v) is 12.9. The number of nitrogens with one attached hydrogen (secondary N) is 2. The van der Waals surface area contributed by atoms with Crippen LogP contribution in [0.4, 0.5) is 0 Å². The lowest BCUT2D eigenvalue weighted by Crippen LogP contribution is -2.51. The summed E-state index contributed by atoms with van der Waals surface area (Å²) >= 11 is 0. The van der Waals surface area contributed by atoms with E-state index in [0.717, 1.165) is 25.8 Å². The fourth-order valence-corrected chi connectivity index (χ4v) is 2.87. The van der Waals surface area contributed by atoms with Crippen LogP contribution in [0.2, 0.25) is 0 Å². The highest BCUT2D eigenvalue weighted by molar-refractivity contribution is 5.83. The molecule has 2 unspecified atom stereocenters. The van der Waals surface area contributed by atoms with Crippen molar-refractivity contribution >= 4 is 11.9 Å². The number of hydrogen-bond donors (Lipinski definition) is 3. The second-order valence-corrected chi connectivity index (χ2v) is 6.29. The van der Waals surface area contributed by atoms with Gasteiger partial charge in [-0.15, -0.1) is 0 Å². The van der Waals surface area contributed by atoms with Crippen LogP contribution in [0.15, 0.2) is 0 Å². The third-order valence-corrected chi connectivity index (χ3v) is 4.24. The molecule has 1 aliphatic heterocycles. The summed E-state index contributed by atoms with van der Waals surface area (Å²) in [4.78, 5) is 23.6. The predicted molar refractivity (Wildman–Crippen MR) is 78.4 cm³/mol. The second kappa shape index (κ2) is 7.62. The van der Waals surface area contributed by atoms with E-state index in [1.54, 1.807) is 0 Å². The lowest BCUT2D eigenvalue weighted by atomic mass is 9.77. The number of rotatable bonds is 7. The van der Waals surface area contributed by atoms with Crippen LogP contribution < -0.4 is 10.6 Å². The third kappa shape index (κ3) is 4.47. The van der Waals surface area contributed by atoms with Crippen LogP contribution in [0.5, 0.6) is 0 Å². The van der Waals surface area contributed by atoms with Crippen molar-refractivity contribution < 1.29 is 14.7 Å². The molecule has 0 spiro atoms. The number of carbonyl (C=O) groups excluding carboxylic acids is 1. The van der Waals surface area contributed by atoms with Crippen LogP contribution >= 0.6 is 0 Å². The Balaban J connectivity index is 2.57. The first-order chi connectivity index (χ1) is 9.41. The van der Waals surface area contributed by atoms with E-state index in [4.69, 9.17) is 0 Å². The molecule has 0 saturated carbocycles. The molecule has 1 saturated heterocycles. The van der Waals surface area contributed by atoms with Crippen molar-refractivity contribution in [1.82, 2.24) is 10.6 Å². The first kappa shape index (κ1) is 17.0. The van der Waals surface area contributed by atoms with Crippen LogP contribution in [-0.2, 0) is 9.59 Å². The molecule has 1 amide bonds. The largest absolute Gasteiger partial charge is 0.481 e. The maximum atomic E-state index is 12.4. The lowest BCUT2D eigenvalue weighted by Gasteiger charge is -2.35. The molecule has 5 heteroatoms. The minimum atomic E-state index is -0.827. The summed E-state index contributed by atoms with van der Waals surface area (Å²) in [6.45, 7) is 7.90. The maximum Gasteiger partial charge on any atom is 0.308 e. The zero-order valence-electron chi connectivity index (χ0n) is 12.9. The third-order valence-electron chi connectivity index (χ3n) is 4.24. The van der Waals surface area contributed by atoms with Gasteiger partial charge in [-0.25, -0.2) is 0 Å². The highest BCUT2D eigenvalue weighted by atomic mass is 16.4. The molecule has 3 N–H and O–H groups in total. The summed E-state index contributed by atoms with van der Waals surface area (Å²) < 4.78 is 0. The van der Waals surface area contributed by atoms with Gasteiger partial charge < -0.3 is 15.7 Å². The Labute approximate surface area is 121 Å². The van der Waals surface area contributed by atoms with Gasteiger partial charge in [0.2, 0.25) is 5.91 Å². The van der Waals surface area contributed by atoms with Crippen molar-refractivity contribution in [2.24, 2.45) is 17.3 Å². The summed E-state index contributed by atoms with van der Waals surface area (Å²) in [5.74, 6) is -1.01. The number of carboxylic acids is 1. The number of hydrogen-bond acceptors (Lipinski definition) is 3. The average Bonchev–Trinajstić information content (AvgIpc) is 2.43. The first-order valence-corrected chi connectivity index (χ1v) is 7.63. The van der Waals surface area contributed by atoms with E-state index in [1.807, 2.05) is 20.8 Å². The SMILES string of the molecule is CCC1(C(=O)NCC(CC(C)C)C(=O)O)CCCNC1. The molecule has 0 aromatic rings. The monoisotopic (exact) mass is 284 g/mol. The minimum absolute atomic E-state index is 0.00204. The van der Waals surface area contributed by atoms with Gasteiger partial charge in [-0.2, -0.15) is 0 Å². The van der Waals surface area contributed by atoms with Gasteiger partial charge in [0.15, 0.2) is 0 Å². The Morgan fingerprint density at radius 3 is 2.55 bits per heavy atom. The van der Waals surface area contributed by atoms with E-state index in [-0.39, 0.29) is 17.9 Å². The number of piperidine rings is 1. The number of amides is 1. The van der Waals surface area contributed by atoms with Gasteiger partial charge in [0.05, 0.1) is 11.3 Å². The minimum Gasteiger partial charge on any atom is -0.481 e. The highest BCUT2D eigenvalue weighted by Gasteiger charge is 2.38. The molecule has 0 bridgehead atoms. The van der Waals surface area contributed by atoms with Crippen molar-refractivity contribution in [3.05, 3.63) is 0 Å². The zero-order chi connectivity index (χ0) is 15.2. The van der Waals surface area contributed by atoms with Crippen LogP contribution in [0.1, 0.15) is 46.5 Å². The topological polar surface area (TPSA) is 78.4 Å². The molecule has 1 fully saturated rings. The van der Waals surface area contributed by atoms with Crippen LogP contribution in [0.25, 0.3) is 0 Å². The molecular formula is C15H28N2O3. The fourth-order valence-electron chi connectivity index (χ4n) is 2.87. The molecule has 1 heterocycles. The molecule has 0 radical (unpaired) electrons. The van der Waals surface area contributed by atoms with Gasteiger partial charge in [0, 0.05) is 13.1 Å². The van der Waals surface area contributed by atoms with Crippen molar-refractivity contribution in [3.63, 3.8) is 0 Å². The Hall–Kier alpha value is -1.10. The van der Waals surface area contributed by atoms with Crippen molar-refractivity contribution in [1.29, 1.82) is 0 Å². The first-order valence-electron chi connectivity index (χ1n) is 7.63. The van der Waals surface area contributed by atoms with E-state index in [1.165, 1.54) is 0 Å². The Morgan fingerprint density at radius 1 is 1.40 bits per heavy atom.